The molecule has 0 aliphatic carbocycles. The number of nitrogens with zero attached hydrogens (tertiary/aromatic N) is 1. The number of fused-ring (bicyclic) bond motifs is 1. The Morgan fingerprint density at radius 1 is 0.923 bits per heavy atom. The molecule has 0 amide bonds. The van der Waals surface area contributed by atoms with E-state index in [4.69, 9.17) is 4.74 Å². The van der Waals surface area contributed by atoms with Crippen molar-refractivity contribution in [1.29, 1.82) is 0 Å². The standard InChI is InChI=1S/C22H20FNO2/c1-24(2)14-19(16-9-6-7-11-20(16)23)22(25)18-12-13-21(26-3)17-10-5-4-8-15(17)18/h4-14H,1-3H3/b19-14+. The Morgan fingerprint density at radius 3 is 2.23 bits per heavy atom. The molecule has 0 saturated carbocycles. The summed E-state index contributed by atoms with van der Waals surface area (Å²) in [5, 5.41) is 1.62. The van der Waals surface area contributed by atoms with Gasteiger partial charge in [0.25, 0.3) is 0 Å². The summed E-state index contributed by atoms with van der Waals surface area (Å²) in [5.41, 5.74) is 1.10. The minimum Gasteiger partial charge on any atom is -0.496 e. The van der Waals surface area contributed by atoms with Gasteiger partial charge in [-0.25, -0.2) is 4.39 Å². The zero-order valence-electron chi connectivity index (χ0n) is 15.0. The summed E-state index contributed by atoms with van der Waals surface area (Å²) < 4.78 is 19.8. The van der Waals surface area contributed by atoms with Crippen LogP contribution in [0.3, 0.4) is 0 Å². The van der Waals surface area contributed by atoms with Crippen molar-refractivity contribution in [2.24, 2.45) is 0 Å². The van der Waals surface area contributed by atoms with E-state index in [1.165, 1.54) is 6.07 Å². The van der Waals surface area contributed by atoms with Crippen LogP contribution >= 0.6 is 0 Å². The second kappa shape index (κ2) is 7.40. The predicted molar refractivity (Wildman–Crippen MR) is 103 cm³/mol. The highest BCUT2D eigenvalue weighted by Gasteiger charge is 2.20. The molecule has 0 spiro atoms. The Morgan fingerprint density at radius 2 is 1.58 bits per heavy atom. The quantitative estimate of drug-likeness (QED) is 0.491. The summed E-state index contributed by atoms with van der Waals surface area (Å²) in [6.07, 6.45) is 1.65. The maximum atomic E-state index is 14.4. The van der Waals surface area contributed by atoms with Gasteiger partial charge in [-0.15, -0.1) is 0 Å². The highest BCUT2D eigenvalue weighted by atomic mass is 19.1. The van der Waals surface area contributed by atoms with E-state index in [0.717, 1.165) is 10.8 Å². The number of carbonyl (C=O) groups excluding carboxylic acids is 1. The number of rotatable bonds is 5. The van der Waals surface area contributed by atoms with Gasteiger partial charge in [0.2, 0.25) is 0 Å². The molecular weight excluding hydrogens is 329 g/mol. The minimum absolute atomic E-state index is 0.234. The second-order valence-corrected chi connectivity index (χ2v) is 6.18. The van der Waals surface area contributed by atoms with Crippen molar-refractivity contribution in [2.75, 3.05) is 21.2 Å². The van der Waals surface area contributed by atoms with Crippen molar-refractivity contribution in [3.63, 3.8) is 0 Å². The maximum absolute atomic E-state index is 14.4. The van der Waals surface area contributed by atoms with Crippen molar-refractivity contribution in [3.05, 3.63) is 83.8 Å². The maximum Gasteiger partial charge on any atom is 0.195 e. The van der Waals surface area contributed by atoms with Gasteiger partial charge < -0.3 is 9.64 Å². The van der Waals surface area contributed by atoms with Gasteiger partial charge in [0.15, 0.2) is 5.78 Å². The molecule has 3 rings (SSSR count). The van der Waals surface area contributed by atoms with E-state index in [1.807, 2.05) is 24.3 Å². The number of benzene rings is 3. The van der Waals surface area contributed by atoms with Crippen molar-refractivity contribution in [2.45, 2.75) is 0 Å². The monoisotopic (exact) mass is 349 g/mol. The average Bonchev–Trinajstić information content (AvgIpc) is 2.65. The third-order valence-electron chi connectivity index (χ3n) is 4.14. The van der Waals surface area contributed by atoms with E-state index in [-0.39, 0.29) is 11.3 Å². The zero-order chi connectivity index (χ0) is 18.7. The molecule has 0 saturated heterocycles. The van der Waals surface area contributed by atoms with Gasteiger partial charge in [0.05, 0.1) is 7.11 Å². The Hall–Kier alpha value is -3.14. The Labute approximate surface area is 152 Å². The molecule has 0 fully saturated rings. The number of Topliss-reactive ketones (excluding diaryl/α,β-unsaturated/α-hetero) is 1. The summed E-state index contributed by atoms with van der Waals surface area (Å²) in [5.74, 6) is 0.0376. The van der Waals surface area contributed by atoms with E-state index >= 15 is 0 Å². The zero-order valence-corrected chi connectivity index (χ0v) is 15.0. The van der Waals surface area contributed by atoms with Crippen molar-refractivity contribution < 1.29 is 13.9 Å². The summed E-state index contributed by atoms with van der Waals surface area (Å²) in [6.45, 7) is 0. The van der Waals surface area contributed by atoms with Crippen LogP contribution < -0.4 is 4.74 Å². The van der Waals surface area contributed by atoms with E-state index in [2.05, 4.69) is 0 Å². The van der Waals surface area contributed by atoms with Crippen LogP contribution in [0.15, 0.2) is 66.9 Å². The van der Waals surface area contributed by atoms with Crippen LogP contribution in [0.2, 0.25) is 0 Å². The first-order chi connectivity index (χ1) is 12.5. The molecular formula is C22H20FNO2. The predicted octanol–water partition coefficient (Wildman–Crippen LogP) is 4.77. The Bertz CT molecular complexity index is 992. The lowest BCUT2D eigenvalue weighted by Crippen LogP contribution is -2.11. The summed E-state index contributed by atoms with van der Waals surface area (Å²) >= 11 is 0. The van der Waals surface area contributed by atoms with Crippen LogP contribution in [-0.4, -0.2) is 31.9 Å². The lowest BCUT2D eigenvalue weighted by molar-refractivity contribution is 0.105. The van der Waals surface area contributed by atoms with Gasteiger partial charge in [-0.2, -0.15) is 0 Å². The number of ether oxygens (including phenoxy) is 1. The molecule has 3 aromatic rings. The molecule has 26 heavy (non-hydrogen) atoms. The molecule has 3 nitrogen and oxygen atoms in total. The first kappa shape index (κ1) is 17.7. The van der Waals surface area contributed by atoms with Gasteiger partial charge >= 0.3 is 0 Å². The second-order valence-electron chi connectivity index (χ2n) is 6.18. The smallest absolute Gasteiger partial charge is 0.195 e. The number of methoxy groups -OCH3 is 1. The number of ketones is 1. The molecule has 132 valence electrons. The van der Waals surface area contributed by atoms with E-state index in [1.54, 1.807) is 62.6 Å². The van der Waals surface area contributed by atoms with Crippen LogP contribution in [0.4, 0.5) is 4.39 Å². The average molecular weight is 349 g/mol. The lowest BCUT2D eigenvalue weighted by Gasteiger charge is -2.15. The summed E-state index contributed by atoms with van der Waals surface area (Å²) in [4.78, 5) is 15.1. The third kappa shape index (κ3) is 3.31. The number of carbonyl (C=O) groups is 1. The van der Waals surface area contributed by atoms with Crippen molar-refractivity contribution >= 4 is 22.1 Å². The molecule has 4 heteroatoms. The third-order valence-corrected chi connectivity index (χ3v) is 4.14. The minimum atomic E-state index is -0.424. The number of halogens is 1. The van der Waals surface area contributed by atoms with Gasteiger partial charge in [0, 0.05) is 42.4 Å². The van der Waals surface area contributed by atoms with Crippen LogP contribution in [0, 0.1) is 5.82 Å². The highest BCUT2D eigenvalue weighted by molar-refractivity contribution is 6.32. The Balaban J connectivity index is 2.21. The van der Waals surface area contributed by atoms with Crippen molar-refractivity contribution in [3.8, 4) is 5.75 Å². The molecule has 3 aromatic carbocycles. The molecule has 0 radical (unpaired) electrons. The van der Waals surface area contributed by atoms with E-state index < -0.39 is 5.82 Å². The number of hydrogen-bond acceptors (Lipinski definition) is 3. The molecule has 0 heterocycles. The first-order valence-electron chi connectivity index (χ1n) is 8.26. The molecule has 0 atom stereocenters. The normalized spacial score (nSPS) is 11.5. The highest BCUT2D eigenvalue weighted by Crippen LogP contribution is 2.32. The summed E-state index contributed by atoms with van der Waals surface area (Å²) in [7, 11) is 5.21. The van der Waals surface area contributed by atoms with Crippen LogP contribution in [0.1, 0.15) is 15.9 Å². The SMILES string of the molecule is COc1ccc(C(=O)/C(=C/N(C)C)c2ccccc2F)c2ccccc12. The largest absolute Gasteiger partial charge is 0.496 e. The molecule has 0 N–H and O–H groups in total. The van der Waals surface area contributed by atoms with Crippen LogP contribution in [0.5, 0.6) is 5.75 Å². The molecule has 0 aliphatic rings. The lowest BCUT2D eigenvalue weighted by atomic mass is 9.93. The van der Waals surface area contributed by atoms with Gasteiger partial charge in [-0.3, -0.25) is 4.79 Å². The molecule has 0 bridgehead atoms. The number of hydrogen-bond donors (Lipinski definition) is 0. The van der Waals surface area contributed by atoms with Crippen LogP contribution in [0.25, 0.3) is 16.3 Å². The molecule has 0 aromatic heterocycles. The topological polar surface area (TPSA) is 29.5 Å². The fourth-order valence-electron chi connectivity index (χ4n) is 2.98. The van der Waals surface area contributed by atoms with Gasteiger partial charge in [-0.05, 0) is 23.6 Å². The molecule has 0 aliphatic heterocycles. The van der Waals surface area contributed by atoms with Gasteiger partial charge in [0.1, 0.15) is 11.6 Å². The van der Waals surface area contributed by atoms with Gasteiger partial charge in [-0.1, -0.05) is 42.5 Å². The Kier molecular flexibility index (Phi) is 5.03. The number of allylic oxidation sites excluding steroid dienone is 1. The first-order valence-corrected chi connectivity index (χ1v) is 8.26. The fraction of sp³-hybridized carbons (Fsp3) is 0.136. The van der Waals surface area contributed by atoms with E-state index in [9.17, 15) is 9.18 Å². The fourth-order valence-corrected chi connectivity index (χ4v) is 2.98. The van der Waals surface area contributed by atoms with Crippen molar-refractivity contribution in [1.82, 2.24) is 4.90 Å². The molecule has 0 unspecified atom stereocenters. The van der Waals surface area contributed by atoms with Crippen LogP contribution in [-0.2, 0) is 0 Å². The summed E-state index contributed by atoms with van der Waals surface area (Å²) in [6, 6.07) is 17.4. The van der Waals surface area contributed by atoms with E-state index in [0.29, 0.717) is 16.9 Å².